The Bertz CT molecular complexity index is 396. The van der Waals surface area contributed by atoms with Gasteiger partial charge in [0.15, 0.2) is 0 Å². The Kier molecular flexibility index (Phi) is 3.33. The predicted molar refractivity (Wildman–Crippen MR) is 63.6 cm³/mol. The van der Waals surface area contributed by atoms with E-state index < -0.39 is 5.60 Å². The minimum atomic E-state index is -0.716. The first-order chi connectivity index (χ1) is 8.07. The molecule has 2 amide bonds. The molecule has 0 unspecified atom stereocenters. The van der Waals surface area contributed by atoms with Gasteiger partial charge in [-0.1, -0.05) is 12.8 Å². The van der Waals surface area contributed by atoms with E-state index in [1.165, 1.54) is 0 Å². The van der Waals surface area contributed by atoms with E-state index in [2.05, 4.69) is 15.7 Å². The molecule has 0 aliphatic heterocycles. The fourth-order valence-electron chi connectivity index (χ4n) is 2.12. The van der Waals surface area contributed by atoms with Crippen LogP contribution in [0, 0.1) is 0 Å². The van der Waals surface area contributed by atoms with Crippen molar-refractivity contribution < 1.29 is 9.90 Å². The second kappa shape index (κ2) is 4.75. The minimum Gasteiger partial charge on any atom is -0.388 e. The van der Waals surface area contributed by atoms with E-state index in [-0.39, 0.29) is 6.03 Å². The van der Waals surface area contributed by atoms with Crippen LogP contribution in [0.3, 0.4) is 0 Å². The molecule has 0 radical (unpaired) electrons. The number of aliphatic hydroxyl groups is 1. The summed E-state index contributed by atoms with van der Waals surface area (Å²) in [5.41, 5.74) is -0.0739. The first-order valence-electron chi connectivity index (χ1n) is 5.83. The van der Waals surface area contributed by atoms with Crippen LogP contribution in [0.1, 0.15) is 25.7 Å². The number of amides is 2. The number of aromatic nitrogens is 2. The summed E-state index contributed by atoms with van der Waals surface area (Å²) in [7, 11) is 1.78. The van der Waals surface area contributed by atoms with Crippen molar-refractivity contribution >= 4 is 11.7 Å². The fraction of sp³-hybridized carbons (Fsp3) is 0.636. The van der Waals surface area contributed by atoms with Crippen LogP contribution >= 0.6 is 0 Å². The largest absolute Gasteiger partial charge is 0.388 e. The first-order valence-corrected chi connectivity index (χ1v) is 5.83. The third-order valence-corrected chi connectivity index (χ3v) is 3.08. The zero-order valence-corrected chi connectivity index (χ0v) is 9.94. The van der Waals surface area contributed by atoms with Crippen molar-refractivity contribution in [2.75, 3.05) is 11.9 Å². The van der Waals surface area contributed by atoms with Crippen molar-refractivity contribution in [1.29, 1.82) is 0 Å². The van der Waals surface area contributed by atoms with Crippen LogP contribution in [0.4, 0.5) is 10.5 Å². The quantitative estimate of drug-likeness (QED) is 0.730. The molecule has 0 aromatic carbocycles. The fourth-order valence-corrected chi connectivity index (χ4v) is 2.12. The maximum absolute atomic E-state index is 11.6. The third-order valence-electron chi connectivity index (χ3n) is 3.08. The lowest BCUT2D eigenvalue weighted by Crippen LogP contribution is -2.42. The number of carbonyl (C=O) groups is 1. The second-order valence-corrected chi connectivity index (χ2v) is 4.64. The molecule has 0 atom stereocenters. The van der Waals surface area contributed by atoms with Crippen LogP contribution in [-0.2, 0) is 7.05 Å². The Morgan fingerprint density at radius 1 is 1.59 bits per heavy atom. The lowest BCUT2D eigenvalue weighted by atomic mass is 10.0. The highest BCUT2D eigenvalue weighted by molar-refractivity contribution is 5.88. The third kappa shape index (κ3) is 3.20. The van der Waals surface area contributed by atoms with Crippen LogP contribution < -0.4 is 10.6 Å². The van der Waals surface area contributed by atoms with Gasteiger partial charge in [-0.05, 0) is 12.8 Å². The van der Waals surface area contributed by atoms with E-state index >= 15 is 0 Å². The molecule has 1 aromatic rings. The lowest BCUT2D eigenvalue weighted by molar-refractivity contribution is 0.0506. The molecule has 17 heavy (non-hydrogen) atoms. The molecule has 1 heterocycles. The molecule has 0 spiro atoms. The summed E-state index contributed by atoms with van der Waals surface area (Å²) in [4.78, 5) is 11.6. The van der Waals surface area contributed by atoms with Crippen LogP contribution in [0.15, 0.2) is 12.4 Å². The summed E-state index contributed by atoms with van der Waals surface area (Å²) in [6.45, 7) is 0.305. The van der Waals surface area contributed by atoms with Crippen LogP contribution in [0.25, 0.3) is 0 Å². The van der Waals surface area contributed by atoms with Crippen LogP contribution in [-0.4, -0.2) is 33.1 Å². The summed E-state index contributed by atoms with van der Waals surface area (Å²) in [5.74, 6) is 0. The molecular weight excluding hydrogens is 220 g/mol. The van der Waals surface area contributed by atoms with Gasteiger partial charge in [0, 0.05) is 19.8 Å². The van der Waals surface area contributed by atoms with E-state index in [9.17, 15) is 9.90 Å². The molecule has 1 aliphatic carbocycles. The Hall–Kier alpha value is -1.56. The Morgan fingerprint density at radius 2 is 2.29 bits per heavy atom. The molecule has 1 fully saturated rings. The number of rotatable bonds is 3. The molecule has 1 aromatic heterocycles. The van der Waals surface area contributed by atoms with Crippen molar-refractivity contribution in [3.63, 3.8) is 0 Å². The van der Waals surface area contributed by atoms with E-state index in [0.717, 1.165) is 25.7 Å². The number of hydrogen-bond donors (Lipinski definition) is 3. The molecule has 3 N–H and O–H groups in total. The summed E-state index contributed by atoms with van der Waals surface area (Å²) in [6.07, 6.45) is 6.87. The zero-order valence-electron chi connectivity index (χ0n) is 9.94. The average Bonchev–Trinajstić information content (AvgIpc) is 2.86. The second-order valence-electron chi connectivity index (χ2n) is 4.64. The molecule has 6 nitrogen and oxygen atoms in total. The van der Waals surface area contributed by atoms with Crippen molar-refractivity contribution in [3.8, 4) is 0 Å². The van der Waals surface area contributed by atoms with Gasteiger partial charge in [-0.2, -0.15) is 5.10 Å². The topological polar surface area (TPSA) is 79.2 Å². The smallest absolute Gasteiger partial charge is 0.319 e. The van der Waals surface area contributed by atoms with Gasteiger partial charge in [-0.3, -0.25) is 4.68 Å². The zero-order chi connectivity index (χ0) is 12.3. The molecular formula is C11H18N4O2. The SMILES string of the molecule is Cn1cc(NC(=O)NCC2(O)CCCC2)cn1. The van der Waals surface area contributed by atoms with E-state index in [1.54, 1.807) is 24.1 Å². The average molecular weight is 238 g/mol. The van der Waals surface area contributed by atoms with Crippen LogP contribution in [0.5, 0.6) is 0 Å². The number of hydrogen-bond acceptors (Lipinski definition) is 3. The molecule has 1 aliphatic rings. The Balaban J connectivity index is 1.77. The maximum atomic E-state index is 11.6. The molecule has 1 saturated carbocycles. The first kappa shape index (κ1) is 11.9. The molecule has 6 heteroatoms. The Morgan fingerprint density at radius 3 is 2.88 bits per heavy atom. The van der Waals surface area contributed by atoms with Gasteiger partial charge in [0.2, 0.25) is 0 Å². The summed E-state index contributed by atoms with van der Waals surface area (Å²) >= 11 is 0. The number of nitrogens with zero attached hydrogens (tertiary/aromatic N) is 2. The van der Waals surface area contributed by atoms with Crippen molar-refractivity contribution in [3.05, 3.63) is 12.4 Å². The van der Waals surface area contributed by atoms with Gasteiger partial charge in [0.05, 0.1) is 17.5 Å². The number of anilines is 1. The maximum Gasteiger partial charge on any atom is 0.319 e. The van der Waals surface area contributed by atoms with E-state index in [1.807, 2.05) is 0 Å². The van der Waals surface area contributed by atoms with Gasteiger partial charge >= 0.3 is 6.03 Å². The predicted octanol–water partition coefficient (Wildman–Crippen LogP) is 0.847. The van der Waals surface area contributed by atoms with Crippen LogP contribution in [0.2, 0.25) is 0 Å². The van der Waals surface area contributed by atoms with Gasteiger partial charge in [0.25, 0.3) is 0 Å². The number of aryl methyl sites for hydroxylation is 1. The Labute approximate surface area is 100 Å². The molecule has 2 rings (SSSR count). The van der Waals surface area contributed by atoms with Gasteiger partial charge in [-0.15, -0.1) is 0 Å². The highest BCUT2D eigenvalue weighted by Crippen LogP contribution is 2.28. The summed E-state index contributed by atoms with van der Waals surface area (Å²) in [5, 5.41) is 19.3. The van der Waals surface area contributed by atoms with Gasteiger partial charge in [-0.25, -0.2) is 4.79 Å². The standard InChI is InChI=1S/C11H18N4O2/c1-15-7-9(6-13-15)14-10(16)12-8-11(17)4-2-3-5-11/h6-7,17H,2-5,8H2,1H3,(H2,12,14,16). The highest BCUT2D eigenvalue weighted by atomic mass is 16.3. The normalized spacial score (nSPS) is 18.0. The van der Waals surface area contributed by atoms with Crippen molar-refractivity contribution in [2.45, 2.75) is 31.3 Å². The molecule has 0 bridgehead atoms. The van der Waals surface area contributed by atoms with E-state index in [0.29, 0.717) is 12.2 Å². The van der Waals surface area contributed by atoms with Crippen molar-refractivity contribution in [1.82, 2.24) is 15.1 Å². The lowest BCUT2D eigenvalue weighted by Gasteiger charge is -2.22. The molecule has 0 saturated heterocycles. The summed E-state index contributed by atoms with van der Waals surface area (Å²) < 4.78 is 1.61. The minimum absolute atomic E-state index is 0.305. The van der Waals surface area contributed by atoms with Gasteiger partial charge < -0.3 is 15.7 Å². The van der Waals surface area contributed by atoms with Crippen molar-refractivity contribution in [2.24, 2.45) is 7.05 Å². The molecule has 94 valence electrons. The highest BCUT2D eigenvalue weighted by Gasteiger charge is 2.31. The number of urea groups is 1. The summed E-state index contributed by atoms with van der Waals surface area (Å²) in [6, 6.07) is -0.307. The van der Waals surface area contributed by atoms with E-state index in [4.69, 9.17) is 0 Å². The van der Waals surface area contributed by atoms with Gasteiger partial charge in [0.1, 0.15) is 0 Å². The number of carbonyl (C=O) groups excluding carboxylic acids is 1. The number of nitrogens with one attached hydrogen (secondary N) is 2. The monoisotopic (exact) mass is 238 g/mol.